The van der Waals surface area contributed by atoms with Crippen molar-refractivity contribution in [1.29, 1.82) is 0 Å². The summed E-state index contributed by atoms with van der Waals surface area (Å²) in [7, 11) is 0. The Morgan fingerprint density at radius 1 is 1.16 bits per heavy atom. The first-order valence-corrected chi connectivity index (χ1v) is 8.93. The first-order valence-electron chi connectivity index (χ1n) is 8.93. The Labute approximate surface area is 148 Å². The van der Waals surface area contributed by atoms with Gasteiger partial charge in [0.05, 0.1) is 12.0 Å². The van der Waals surface area contributed by atoms with Crippen molar-refractivity contribution >= 4 is 11.7 Å². The third-order valence-corrected chi connectivity index (χ3v) is 5.56. The number of benzene rings is 2. The largest absolute Gasteiger partial charge is 0.545 e. The monoisotopic (exact) mass is 332 g/mol. The molecule has 1 aliphatic carbocycles. The van der Waals surface area contributed by atoms with Crippen LogP contribution in [0.15, 0.2) is 54.6 Å². The zero-order valence-corrected chi connectivity index (χ0v) is 14.5. The number of aromatic carboxylic acids is 1. The minimum absolute atomic E-state index is 0.188. The highest BCUT2D eigenvalue weighted by Crippen LogP contribution is 2.50. The van der Waals surface area contributed by atoms with Crippen LogP contribution in [0.3, 0.4) is 0 Å². The van der Waals surface area contributed by atoms with E-state index in [0.717, 1.165) is 12.0 Å². The Morgan fingerprint density at radius 3 is 2.60 bits per heavy atom. The molecule has 1 heterocycles. The maximum atomic E-state index is 11.0. The van der Waals surface area contributed by atoms with E-state index in [1.807, 2.05) is 12.1 Å². The summed E-state index contributed by atoms with van der Waals surface area (Å²) >= 11 is 0. The van der Waals surface area contributed by atoms with Gasteiger partial charge in [-0.05, 0) is 46.6 Å². The molecule has 2 aromatic carbocycles. The molecule has 2 aromatic rings. The fraction of sp³-hybridized carbons (Fsp3) is 0.318. The van der Waals surface area contributed by atoms with Crippen LogP contribution in [0.4, 0.5) is 5.69 Å². The van der Waals surface area contributed by atoms with Crippen molar-refractivity contribution in [2.75, 3.05) is 5.32 Å². The Hall–Kier alpha value is -2.55. The molecule has 4 rings (SSSR count). The van der Waals surface area contributed by atoms with Crippen molar-refractivity contribution in [2.45, 2.75) is 38.1 Å². The number of fused-ring (bicyclic) bond motifs is 3. The van der Waals surface area contributed by atoms with Crippen LogP contribution in [-0.2, 0) is 0 Å². The maximum absolute atomic E-state index is 11.0. The topological polar surface area (TPSA) is 52.2 Å². The molecule has 3 nitrogen and oxygen atoms in total. The van der Waals surface area contributed by atoms with Crippen LogP contribution >= 0.6 is 0 Å². The molecule has 0 saturated heterocycles. The molecule has 0 radical (unpaired) electrons. The molecule has 1 aliphatic heterocycles. The summed E-state index contributed by atoms with van der Waals surface area (Å²) < 4.78 is 0. The number of rotatable bonds is 3. The van der Waals surface area contributed by atoms with E-state index < -0.39 is 5.97 Å². The van der Waals surface area contributed by atoms with Gasteiger partial charge in [-0.2, -0.15) is 0 Å². The van der Waals surface area contributed by atoms with Crippen molar-refractivity contribution in [3.63, 3.8) is 0 Å². The number of nitrogens with one attached hydrogen (secondary N) is 1. The standard InChI is InChI=1S/C22H23NO2/c1-13(2)16-10-11-20-19(12-16)17-4-3-5-18(17)21(23-20)14-6-8-15(9-7-14)22(24)25/h3-4,6-13,17-18,21,23H,5H2,1-2H3,(H,24,25)/p-1/t17-,18+,21+/m1/s1. The predicted molar refractivity (Wildman–Crippen MR) is 97.7 cm³/mol. The zero-order valence-electron chi connectivity index (χ0n) is 14.5. The minimum atomic E-state index is -1.13. The van der Waals surface area contributed by atoms with Crippen LogP contribution in [0, 0.1) is 5.92 Å². The van der Waals surface area contributed by atoms with Crippen molar-refractivity contribution in [3.05, 3.63) is 76.9 Å². The van der Waals surface area contributed by atoms with Crippen molar-refractivity contribution in [2.24, 2.45) is 5.92 Å². The Balaban J connectivity index is 1.71. The van der Waals surface area contributed by atoms with Gasteiger partial charge in [0.1, 0.15) is 0 Å². The molecule has 1 N–H and O–H groups in total. The number of hydrogen-bond donors (Lipinski definition) is 1. The van der Waals surface area contributed by atoms with E-state index in [2.05, 4.69) is 49.5 Å². The van der Waals surface area contributed by atoms with E-state index in [4.69, 9.17) is 0 Å². The lowest BCUT2D eigenvalue weighted by Crippen LogP contribution is -2.29. The molecule has 0 aromatic heterocycles. The fourth-order valence-electron chi connectivity index (χ4n) is 4.13. The molecular formula is C22H22NO2-. The minimum Gasteiger partial charge on any atom is -0.545 e. The van der Waals surface area contributed by atoms with Gasteiger partial charge in [-0.1, -0.05) is 62.4 Å². The van der Waals surface area contributed by atoms with Crippen LogP contribution in [0.1, 0.15) is 65.2 Å². The Bertz CT molecular complexity index is 836. The summed E-state index contributed by atoms with van der Waals surface area (Å²) in [5, 5.41) is 14.7. The molecule has 0 amide bonds. The molecule has 3 atom stereocenters. The van der Waals surface area contributed by atoms with Gasteiger partial charge in [-0.15, -0.1) is 0 Å². The first-order chi connectivity index (χ1) is 12.0. The Morgan fingerprint density at radius 2 is 1.92 bits per heavy atom. The summed E-state index contributed by atoms with van der Waals surface area (Å²) in [6.45, 7) is 4.45. The molecule has 0 unspecified atom stereocenters. The third kappa shape index (κ3) is 2.74. The van der Waals surface area contributed by atoms with Gasteiger partial charge < -0.3 is 15.2 Å². The van der Waals surface area contributed by atoms with Crippen LogP contribution in [0.2, 0.25) is 0 Å². The molecule has 0 bridgehead atoms. The average Bonchev–Trinajstić information content (AvgIpc) is 3.10. The predicted octanol–water partition coefficient (Wildman–Crippen LogP) is 4.00. The highest BCUT2D eigenvalue weighted by Gasteiger charge is 2.37. The summed E-state index contributed by atoms with van der Waals surface area (Å²) in [6.07, 6.45) is 5.64. The normalized spacial score (nSPS) is 23.9. The number of hydrogen-bond acceptors (Lipinski definition) is 3. The van der Waals surface area contributed by atoms with E-state index in [1.165, 1.54) is 16.8 Å². The van der Waals surface area contributed by atoms with Gasteiger partial charge in [0, 0.05) is 11.6 Å². The fourth-order valence-corrected chi connectivity index (χ4v) is 4.13. The van der Waals surface area contributed by atoms with E-state index >= 15 is 0 Å². The smallest absolute Gasteiger partial charge is 0.0715 e. The second-order valence-electron chi connectivity index (χ2n) is 7.39. The number of allylic oxidation sites excluding steroid dienone is 2. The lowest BCUT2D eigenvalue weighted by molar-refractivity contribution is -0.255. The molecule has 3 heteroatoms. The van der Waals surface area contributed by atoms with Crippen LogP contribution in [0.5, 0.6) is 0 Å². The lowest BCUT2D eigenvalue weighted by atomic mass is 9.76. The molecule has 0 spiro atoms. The summed E-state index contributed by atoms with van der Waals surface area (Å²) in [5.74, 6) is 0.267. The van der Waals surface area contributed by atoms with Gasteiger partial charge in [0.2, 0.25) is 0 Å². The van der Waals surface area contributed by atoms with Crippen molar-refractivity contribution in [1.82, 2.24) is 0 Å². The summed E-state index contributed by atoms with van der Waals surface area (Å²) in [6, 6.07) is 14.0. The third-order valence-electron chi connectivity index (χ3n) is 5.56. The number of carboxylic acid groups (broad SMARTS) is 1. The SMILES string of the molecule is CC(C)c1ccc2c(c1)[C@@H]1C=CC[C@@H]1[C@H](c1ccc(C(=O)[O-])cc1)N2. The second-order valence-corrected chi connectivity index (χ2v) is 7.39. The highest BCUT2D eigenvalue weighted by atomic mass is 16.4. The summed E-state index contributed by atoms with van der Waals surface area (Å²) in [5.41, 5.74) is 5.29. The second kappa shape index (κ2) is 6.07. The van der Waals surface area contributed by atoms with Crippen molar-refractivity contribution < 1.29 is 9.90 Å². The number of carboxylic acids is 1. The van der Waals surface area contributed by atoms with E-state index in [0.29, 0.717) is 17.8 Å². The molecule has 0 saturated carbocycles. The average molecular weight is 332 g/mol. The van der Waals surface area contributed by atoms with E-state index in [9.17, 15) is 9.90 Å². The van der Waals surface area contributed by atoms with Gasteiger partial charge in [-0.3, -0.25) is 0 Å². The van der Waals surface area contributed by atoms with Crippen LogP contribution in [-0.4, -0.2) is 5.97 Å². The lowest BCUT2D eigenvalue weighted by Gasteiger charge is -2.38. The number of carbonyl (C=O) groups is 1. The zero-order chi connectivity index (χ0) is 17.6. The Kier molecular flexibility index (Phi) is 3.87. The maximum Gasteiger partial charge on any atom is 0.0715 e. The number of anilines is 1. The van der Waals surface area contributed by atoms with E-state index in [-0.39, 0.29) is 11.6 Å². The van der Waals surface area contributed by atoms with Crippen molar-refractivity contribution in [3.8, 4) is 0 Å². The van der Waals surface area contributed by atoms with Crippen LogP contribution in [0.25, 0.3) is 0 Å². The van der Waals surface area contributed by atoms with Gasteiger partial charge in [0.25, 0.3) is 0 Å². The molecule has 128 valence electrons. The van der Waals surface area contributed by atoms with Gasteiger partial charge in [0.15, 0.2) is 0 Å². The summed E-state index contributed by atoms with van der Waals surface area (Å²) in [4.78, 5) is 11.0. The van der Waals surface area contributed by atoms with Gasteiger partial charge >= 0.3 is 0 Å². The van der Waals surface area contributed by atoms with Gasteiger partial charge in [-0.25, -0.2) is 0 Å². The molecule has 25 heavy (non-hydrogen) atoms. The highest BCUT2D eigenvalue weighted by molar-refractivity contribution is 5.85. The molecular weight excluding hydrogens is 310 g/mol. The molecule has 2 aliphatic rings. The van der Waals surface area contributed by atoms with Crippen LogP contribution < -0.4 is 10.4 Å². The molecule has 0 fully saturated rings. The first kappa shape index (κ1) is 15.9. The quantitative estimate of drug-likeness (QED) is 0.864. The number of carbonyl (C=O) groups excluding carboxylic acids is 1. The van der Waals surface area contributed by atoms with E-state index in [1.54, 1.807) is 12.1 Å².